The maximum Gasteiger partial charge on any atom is 0.246 e. The number of carbonyl (C=O) groups excluding carboxylic acids is 1. The van der Waals surface area contributed by atoms with Crippen LogP contribution in [0, 0.1) is 5.82 Å². The number of hydrogen-bond donors (Lipinski definition) is 4. The molecule has 1 atom stereocenters. The van der Waals surface area contributed by atoms with Crippen LogP contribution < -0.4 is 16.0 Å². The van der Waals surface area contributed by atoms with Gasteiger partial charge in [-0.05, 0) is 54.4 Å². The van der Waals surface area contributed by atoms with E-state index in [9.17, 15) is 14.3 Å². The monoisotopic (exact) mass is 506 g/mol. The van der Waals surface area contributed by atoms with Gasteiger partial charge in [0, 0.05) is 12.2 Å². The lowest BCUT2D eigenvalue weighted by Gasteiger charge is -2.24. The molecule has 1 aromatic carbocycles. The molecule has 1 unspecified atom stereocenters. The van der Waals surface area contributed by atoms with E-state index >= 15 is 0 Å². The molecule has 27 heavy (non-hydrogen) atoms. The molecule has 9 heteroatoms. The Morgan fingerprint density at radius 3 is 2.74 bits per heavy atom. The van der Waals surface area contributed by atoms with Gasteiger partial charge in [0.25, 0.3) is 0 Å². The van der Waals surface area contributed by atoms with Crippen LogP contribution in [0.3, 0.4) is 0 Å². The lowest BCUT2D eigenvalue weighted by atomic mass is 9.99. The number of nitrogens with zero attached hydrogens (tertiary/aromatic N) is 1. The van der Waals surface area contributed by atoms with Crippen LogP contribution in [0.1, 0.15) is 19.4 Å². The van der Waals surface area contributed by atoms with Crippen LogP contribution in [0.25, 0.3) is 0 Å². The van der Waals surface area contributed by atoms with Crippen LogP contribution in [0.15, 0.2) is 46.1 Å². The molecular weight excluding hydrogens is 482 g/mol. The van der Waals surface area contributed by atoms with E-state index in [1.54, 1.807) is 13.0 Å². The highest BCUT2D eigenvalue weighted by Crippen LogP contribution is 2.21. The second-order valence-electron chi connectivity index (χ2n) is 5.89. The summed E-state index contributed by atoms with van der Waals surface area (Å²) in [4.78, 5) is 16.2. The van der Waals surface area contributed by atoms with E-state index in [0.717, 1.165) is 5.56 Å². The van der Waals surface area contributed by atoms with Gasteiger partial charge in [0.2, 0.25) is 5.91 Å². The number of anilines is 1. The molecule has 0 radical (unpaired) electrons. The van der Waals surface area contributed by atoms with Gasteiger partial charge < -0.3 is 21.1 Å². The number of aliphatic hydroxyl groups is 1. The molecule has 0 saturated carbocycles. The topological polar surface area (TPSA) is 85.8 Å². The van der Waals surface area contributed by atoms with Crippen molar-refractivity contribution in [3.63, 3.8) is 0 Å². The minimum Gasteiger partial charge on any atom is -0.384 e. The summed E-state index contributed by atoms with van der Waals surface area (Å²) < 4.78 is 13.1. The highest BCUT2D eigenvalue weighted by atomic mass is 127. The standard InChI is InChI=1S/C18H23FN4O2S.HI/c1-3-20-17(22-12-18(2,25)13-7-8-26-11-13)21-10-16(24)23-15-6-4-5-14(19)9-15;/h4-9,11,25H,3,10,12H2,1-2H3,(H,23,24)(H2,20,21,22);1H. The number of carbonyl (C=O) groups is 1. The number of nitrogens with one attached hydrogen (secondary N) is 3. The summed E-state index contributed by atoms with van der Waals surface area (Å²) in [6.45, 7) is 4.33. The number of amides is 1. The first-order chi connectivity index (χ1) is 12.4. The number of aliphatic imine (C=N–C) groups is 1. The van der Waals surface area contributed by atoms with Crippen LogP contribution in [-0.2, 0) is 10.4 Å². The van der Waals surface area contributed by atoms with E-state index in [2.05, 4.69) is 20.9 Å². The first-order valence-corrected chi connectivity index (χ1v) is 9.17. The van der Waals surface area contributed by atoms with Gasteiger partial charge in [0.05, 0.1) is 6.54 Å². The number of guanidine groups is 1. The lowest BCUT2D eigenvalue weighted by molar-refractivity contribution is -0.114. The van der Waals surface area contributed by atoms with Crippen molar-refractivity contribution in [1.82, 2.24) is 10.6 Å². The molecule has 1 amide bonds. The van der Waals surface area contributed by atoms with Crippen molar-refractivity contribution in [2.45, 2.75) is 19.4 Å². The Labute approximate surface area is 179 Å². The SMILES string of the molecule is CCNC(=NCC(=O)Nc1cccc(F)c1)NCC(C)(O)c1ccsc1.I. The summed E-state index contributed by atoms with van der Waals surface area (Å²) in [5.74, 6) is -0.369. The highest BCUT2D eigenvalue weighted by molar-refractivity contribution is 14.0. The van der Waals surface area contributed by atoms with Gasteiger partial charge in [-0.1, -0.05) is 6.07 Å². The van der Waals surface area contributed by atoms with Crippen molar-refractivity contribution in [2.75, 3.05) is 25.0 Å². The van der Waals surface area contributed by atoms with Crippen molar-refractivity contribution in [3.8, 4) is 0 Å². The molecule has 6 nitrogen and oxygen atoms in total. The molecule has 2 rings (SSSR count). The van der Waals surface area contributed by atoms with Crippen LogP contribution in [0.5, 0.6) is 0 Å². The quantitative estimate of drug-likeness (QED) is 0.265. The molecule has 0 saturated heterocycles. The predicted molar refractivity (Wildman–Crippen MR) is 118 cm³/mol. The maximum atomic E-state index is 13.1. The fourth-order valence-electron chi connectivity index (χ4n) is 2.19. The number of hydrogen-bond acceptors (Lipinski definition) is 4. The number of rotatable bonds is 7. The number of thiophene rings is 1. The average molecular weight is 506 g/mol. The molecule has 1 aromatic heterocycles. The van der Waals surface area contributed by atoms with Crippen LogP contribution in [0.4, 0.5) is 10.1 Å². The lowest BCUT2D eigenvalue weighted by Crippen LogP contribution is -2.44. The first kappa shape index (κ1) is 23.3. The second kappa shape index (κ2) is 11.2. The van der Waals surface area contributed by atoms with Gasteiger partial charge in [-0.15, -0.1) is 24.0 Å². The van der Waals surface area contributed by atoms with Crippen LogP contribution in [-0.4, -0.2) is 36.6 Å². The zero-order valence-electron chi connectivity index (χ0n) is 15.2. The summed E-state index contributed by atoms with van der Waals surface area (Å²) in [5.41, 5.74) is 0.137. The largest absolute Gasteiger partial charge is 0.384 e. The van der Waals surface area contributed by atoms with Gasteiger partial charge in [-0.3, -0.25) is 4.79 Å². The molecule has 2 aromatic rings. The summed E-state index contributed by atoms with van der Waals surface area (Å²) in [6.07, 6.45) is 0. The molecule has 1 heterocycles. The summed E-state index contributed by atoms with van der Waals surface area (Å²) in [5, 5.41) is 23.0. The van der Waals surface area contributed by atoms with E-state index in [-0.39, 0.29) is 43.0 Å². The van der Waals surface area contributed by atoms with Crippen molar-refractivity contribution >= 4 is 52.9 Å². The molecule has 148 valence electrons. The smallest absolute Gasteiger partial charge is 0.246 e. The van der Waals surface area contributed by atoms with Crippen LogP contribution >= 0.6 is 35.3 Å². The van der Waals surface area contributed by atoms with E-state index in [1.807, 2.05) is 23.8 Å². The summed E-state index contributed by atoms with van der Waals surface area (Å²) in [6, 6.07) is 7.53. The molecule has 0 fully saturated rings. The minimum absolute atomic E-state index is 0. The molecule has 0 aliphatic rings. The van der Waals surface area contributed by atoms with Gasteiger partial charge >= 0.3 is 0 Å². The molecule has 0 spiro atoms. The van der Waals surface area contributed by atoms with Gasteiger partial charge in [0.15, 0.2) is 5.96 Å². The Hall–Kier alpha value is -1.72. The Bertz CT molecular complexity index is 754. The van der Waals surface area contributed by atoms with Gasteiger partial charge in [0.1, 0.15) is 18.0 Å². The van der Waals surface area contributed by atoms with Gasteiger partial charge in [-0.2, -0.15) is 11.3 Å². The fourth-order valence-corrected chi connectivity index (χ4v) is 2.97. The van der Waals surface area contributed by atoms with Crippen LogP contribution in [0.2, 0.25) is 0 Å². The molecule has 0 aliphatic heterocycles. The molecule has 0 aliphatic carbocycles. The van der Waals surface area contributed by atoms with E-state index < -0.39 is 11.4 Å². The molecular formula is C18H24FIN4O2S. The Morgan fingerprint density at radius 2 is 2.11 bits per heavy atom. The zero-order chi connectivity index (χ0) is 19.0. The summed E-state index contributed by atoms with van der Waals surface area (Å²) >= 11 is 1.51. The van der Waals surface area contributed by atoms with E-state index in [4.69, 9.17) is 0 Å². The van der Waals surface area contributed by atoms with E-state index in [1.165, 1.54) is 29.5 Å². The number of benzene rings is 1. The zero-order valence-corrected chi connectivity index (χ0v) is 18.3. The third-order valence-electron chi connectivity index (χ3n) is 3.58. The Kier molecular flexibility index (Phi) is 9.67. The average Bonchev–Trinajstić information content (AvgIpc) is 3.13. The van der Waals surface area contributed by atoms with Gasteiger partial charge in [-0.25, -0.2) is 9.38 Å². The van der Waals surface area contributed by atoms with Crippen molar-refractivity contribution < 1.29 is 14.3 Å². The Morgan fingerprint density at radius 1 is 1.33 bits per heavy atom. The Balaban J connectivity index is 0.00000364. The van der Waals surface area contributed by atoms with E-state index in [0.29, 0.717) is 18.2 Å². The minimum atomic E-state index is -1.06. The third-order valence-corrected chi connectivity index (χ3v) is 4.26. The third kappa shape index (κ3) is 7.81. The maximum absolute atomic E-state index is 13.1. The predicted octanol–water partition coefficient (Wildman–Crippen LogP) is 2.91. The van der Waals surface area contributed by atoms with Crippen molar-refractivity contribution in [2.24, 2.45) is 4.99 Å². The fraction of sp³-hybridized carbons (Fsp3) is 0.333. The normalized spacial score (nSPS) is 13.3. The highest BCUT2D eigenvalue weighted by Gasteiger charge is 2.23. The second-order valence-corrected chi connectivity index (χ2v) is 6.67. The summed E-state index contributed by atoms with van der Waals surface area (Å²) in [7, 11) is 0. The van der Waals surface area contributed by atoms with Crippen molar-refractivity contribution in [3.05, 3.63) is 52.5 Å². The molecule has 4 N–H and O–H groups in total. The number of halogens is 2. The first-order valence-electron chi connectivity index (χ1n) is 8.23. The molecule has 0 bridgehead atoms. The van der Waals surface area contributed by atoms with Crippen molar-refractivity contribution in [1.29, 1.82) is 0 Å².